The summed E-state index contributed by atoms with van der Waals surface area (Å²) in [7, 11) is 0. The van der Waals surface area contributed by atoms with E-state index >= 15 is 0 Å². The Bertz CT molecular complexity index is 1200. The molecule has 5 nitrogen and oxygen atoms in total. The second-order valence-corrected chi connectivity index (χ2v) is 12.3. The number of hydrogen-bond donors (Lipinski definition) is 1. The van der Waals surface area contributed by atoms with Gasteiger partial charge in [-0.3, -0.25) is 0 Å². The molecule has 224 valence electrons. The fourth-order valence-corrected chi connectivity index (χ4v) is 7.64. The monoisotopic (exact) mass is 572 g/mol. The van der Waals surface area contributed by atoms with Gasteiger partial charge in [-0.1, -0.05) is 50.2 Å². The van der Waals surface area contributed by atoms with E-state index in [-0.39, 0.29) is 37.3 Å². The topological polar surface area (TPSA) is 53.0 Å². The third kappa shape index (κ3) is 6.00. The summed E-state index contributed by atoms with van der Waals surface area (Å²) in [6.45, 7) is 7.65. The zero-order valence-corrected chi connectivity index (χ0v) is 24.3. The number of halogens is 3. The smallest absolute Gasteiger partial charge is 0.410 e. The molecule has 5 rings (SSSR count). The summed E-state index contributed by atoms with van der Waals surface area (Å²) in [5.41, 5.74) is -0.0441. The second-order valence-electron chi connectivity index (χ2n) is 12.3. The van der Waals surface area contributed by atoms with Crippen LogP contribution in [0, 0.1) is 5.92 Å². The number of carbonyl (C=O) groups is 1. The van der Waals surface area contributed by atoms with E-state index in [0.29, 0.717) is 31.6 Å². The van der Waals surface area contributed by atoms with Crippen LogP contribution in [0.15, 0.2) is 48.5 Å². The Hall–Kier alpha value is -2.58. The minimum absolute atomic E-state index is 0.123. The number of amides is 1. The highest BCUT2D eigenvalue weighted by Gasteiger charge is 2.61. The largest absolute Gasteiger partial charge is 0.417 e. The van der Waals surface area contributed by atoms with Crippen LogP contribution in [0.25, 0.3) is 0 Å². The molecule has 2 aromatic carbocycles. The molecule has 0 aromatic heterocycles. The first-order valence-corrected chi connectivity index (χ1v) is 15.3. The molecule has 2 aliphatic carbocycles. The fourth-order valence-electron chi connectivity index (χ4n) is 7.64. The predicted octanol–water partition coefficient (Wildman–Crippen LogP) is 6.90. The molecule has 1 unspecified atom stereocenters. The lowest BCUT2D eigenvalue weighted by Crippen LogP contribution is -2.56. The van der Waals surface area contributed by atoms with E-state index in [1.165, 1.54) is 0 Å². The third-order valence-electron chi connectivity index (χ3n) is 10.0. The number of benzene rings is 2. The van der Waals surface area contributed by atoms with Gasteiger partial charge in [-0.05, 0) is 106 Å². The van der Waals surface area contributed by atoms with Gasteiger partial charge in [0.2, 0.25) is 0 Å². The van der Waals surface area contributed by atoms with Gasteiger partial charge in [0.25, 0.3) is 0 Å². The van der Waals surface area contributed by atoms with Crippen LogP contribution in [0.3, 0.4) is 0 Å². The lowest BCUT2D eigenvalue weighted by molar-refractivity contribution is -0.279. The van der Waals surface area contributed by atoms with Crippen molar-refractivity contribution in [3.8, 4) is 5.75 Å². The summed E-state index contributed by atoms with van der Waals surface area (Å²) in [5, 5.41) is 10.7. The number of nitrogens with zero attached hydrogens (tertiary/aromatic N) is 2. The highest BCUT2D eigenvalue weighted by Crippen LogP contribution is 2.57. The summed E-state index contributed by atoms with van der Waals surface area (Å²) in [5.74, 6) is 0.176. The maximum Gasteiger partial charge on any atom is 0.417 e. The van der Waals surface area contributed by atoms with Gasteiger partial charge < -0.3 is 19.6 Å². The number of likely N-dealkylation sites (N-methyl/N-ethyl adjacent to an activating group) is 1. The van der Waals surface area contributed by atoms with E-state index in [1.54, 1.807) is 6.07 Å². The van der Waals surface area contributed by atoms with E-state index in [1.807, 2.05) is 47.4 Å². The normalized spacial score (nSPS) is 28.2. The summed E-state index contributed by atoms with van der Waals surface area (Å²) < 4.78 is 47.6. The molecule has 4 atom stereocenters. The van der Waals surface area contributed by atoms with Crippen LogP contribution in [0.4, 0.5) is 18.0 Å². The van der Waals surface area contributed by atoms with Gasteiger partial charge in [0.1, 0.15) is 5.75 Å². The minimum Gasteiger partial charge on any atom is -0.410 e. The second kappa shape index (κ2) is 12.0. The molecule has 1 heterocycles. The highest BCUT2D eigenvalue weighted by atomic mass is 19.4. The molecule has 1 aliphatic heterocycles. The Balaban J connectivity index is 1.40. The zero-order chi connectivity index (χ0) is 29.3. The number of aliphatic hydroxyl groups is 1. The minimum atomic E-state index is -4.65. The van der Waals surface area contributed by atoms with Gasteiger partial charge in [0.15, 0.2) is 5.60 Å². The van der Waals surface area contributed by atoms with Gasteiger partial charge >= 0.3 is 12.3 Å². The molecule has 3 aliphatic rings. The number of fused-ring (bicyclic) bond motifs is 3. The zero-order valence-electron chi connectivity index (χ0n) is 24.3. The standard InChI is InChI=1S/C33H43F3N2O3/c1-3-37(4-2)23-27-12-8-9-19-38(27)30(39)41-28-15-16-29-25(20-28)13-14-26-22-32(40,33(34,35)36)18-17-31(26,29)21-24-10-6-5-7-11-24/h5-7,10-11,15-16,20,26-27,40H,3-4,8-9,12-14,17-19,21-23H2,1-2H3/t26-,27?,31+,32-/m1/s1. The molecule has 0 radical (unpaired) electrons. The van der Waals surface area contributed by atoms with E-state index in [0.717, 1.165) is 55.6 Å². The molecule has 2 aromatic rings. The van der Waals surface area contributed by atoms with Crippen molar-refractivity contribution >= 4 is 6.09 Å². The number of hydrogen-bond acceptors (Lipinski definition) is 4. The van der Waals surface area contributed by atoms with Crippen molar-refractivity contribution in [2.75, 3.05) is 26.2 Å². The quantitative estimate of drug-likeness (QED) is 0.392. The average Bonchev–Trinajstić information content (AvgIpc) is 2.96. The van der Waals surface area contributed by atoms with Gasteiger partial charge in [0.05, 0.1) is 0 Å². The SMILES string of the molecule is CCN(CC)CC1CCCCN1C(=O)Oc1ccc2c(c1)CC[C@@H]1C[C@@](O)(C(F)(F)F)CC[C@@]21Cc1ccccc1. The number of piperidine rings is 1. The van der Waals surface area contributed by atoms with Crippen molar-refractivity contribution < 1.29 is 27.8 Å². The highest BCUT2D eigenvalue weighted by molar-refractivity contribution is 5.71. The van der Waals surface area contributed by atoms with Gasteiger partial charge in [-0.25, -0.2) is 4.79 Å². The molecule has 8 heteroatoms. The van der Waals surface area contributed by atoms with Crippen LogP contribution in [-0.4, -0.2) is 65.0 Å². The number of ether oxygens (including phenoxy) is 1. The Morgan fingerprint density at radius 2 is 1.83 bits per heavy atom. The first-order chi connectivity index (χ1) is 19.6. The molecule has 1 N–H and O–H groups in total. The number of alkyl halides is 3. The third-order valence-corrected chi connectivity index (χ3v) is 10.0. The van der Waals surface area contributed by atoms with Crippen LogP contribution in [0.5, 0.6) is 5.75 Å². The molecule has 0 bridgehead atoms. The van der Waals surface area contributed by atoms with Crippen molar-refractivity contribution in [2.45, 2.75) is 94.9 Å². The maximum absolute atomic E-state index is 13.9. The first-order valence-electron chi connectivity index (χ1n) is 15.3. The summed E-state index contributed by atoms with van der Waals surface area (Å²) in [6, 6.07) is 15.7. The van der Waals surface area contributed by atoms with Crippen LogP contribution < -0.4 is 4.74 Å². The number of likely N-dealkylation sites (tertiary alicyclic amines) is 1. The Kier molecular flexibility index (Phi) is 8.72. The van der Waals surface area contributed by atoms with E-state index in [9.17, 15) is 23.1 Å². The van der Waals surface area contributed by atoms with Crippen LogP contribution >= 0.6 is 0 Å². The maximum atomic E-state index is 13.9. The average molecular weight is 573 g/mol. The molecule has 1 saturated carbocycles. The molecular weight excluding hydrogens is 529 g/mol. The molecule has 0 spiro atoms. The lowest BCUT2D eigenvalue weighted by atomic mass is 9.52. The van der Waals surface area contributed by atoms with E-state index < -0.39 is 17.2 Å². The summed E-state index contributed by atoms with van der Waals surface area (Å²) >= 11 is 0. The molecule has 1 amide bonds. The molecule has 41 heavy (non-hydrogen) atoms. The Morgan fingerprint density at radius 3 is 2.54 bits per heavy atom. The van der Waals surface area contributed by atoms with Gasteiger partial charge in [-0.2, -0.15) is 13.2 Å². The van der Waals surface area contributed by atoms with Crippen molar-refractivity contribution in [3.05, 3.63) is 65.2 Å². The van der Waals surface area contributed by atoms with E-state index in [2.05, 4.69) is 18.7 Å². The number of carbonyl (C=O) groups excluding carboxylic acids is 1. The van der Waals surface area contributed by atoms with E-state index in [4.69, 9.17) is 4.74 Å². The Labute approximate surface area is 241 Å². The van der Waals surface area contributed by atoms with Crippen LogP contribution in [0.1, 0.15) is 75.5 Å². The van der Waals surface area contributed by atoms with Crippen LogP contribution in [-0.2, 0) is 18.3 Å². The number of aryl methyl sites for hydroxylation is 1. The summed E-state index contributed by atoms with van der Waals surface area (Å²) in [4.78, 5) is 17.6. The Morgan fingerprint density at radius 1 is 1.07 bits per heavy atom. The molecule has 1 saturated heterocycles. The van der Waals surface area contributed by atoms with Gasteiger partial charge in [0, 0.05) is 24.5 Å². The van der Waals surface area contributed by atoms with Crippen molar-refractivity contribution in [1.82, 2.24) is 9.80 Å². The molecular formula is C33H43F3N2O3. The van der Waals surface area contributed by atoms with Crippen molar-refractivity contribution in [1.29, 1.82) is 0 Å². The lowest BCUT2D eigenvalue weighted by Gasteiger charge is -2.53. The first kappa shape index (κ1) is 29.9. The summed E-state index contributed by atoms with van der Waals surface area (Å²) in [6.07, 6.45) is -0.577. The predicted molar refractivity (Wildman–Crippen MR) is 153 cm³/mol. The van der Waals surface area contributed by atoms with Crippen molar-refractivity contribution in [3.63, 3.8) is 0 Å². The van der Waals surface area contributed by atoms with Crippen LogP contribution in [0.2, 0.25) is 0 Å². The fraction of sp³-hybridized carbons (Fsp3) is 0.606. The van der Waals surface area contributed by atoms with Crippen molar-refractivity contribution in [2.24, 2.45) is 5.92 Å². The molecule has 2 fully saturated rings. The van der Waals surface area contributed by atoms with Gasteiger partial charge in [-0.15, -0.1) is 0 Å². The number of rotatable bonds is 7.